The lowest BCUT2D eigenvalue weighted by Gasteiger charge is -2.56. The third-order valence-corrected chi connectivity index (χ3v) is 11.9. The molecule has 1 unspecified atom stereocenters. The van der Waals surface area contributed by atoms with Gasteiger partial charge in [0.05, 0.1) is 65.1 Å². The van der Waals surface area contributed by atoms with Crippen LogP contribution in [0.15, 0.2) is 0 Å². The Hall–Kier alpha value is 0.160. The van der Waals surface area contributed by atoms with E-state index < -0.39 is 41.2 Å². The maximum Gasteiger partial charge on any atom is 0.114 e. The van der Waals surface area contributed by atoms with Crippen molar-refractivity contribution < 1.29 is 39.4 Å². The van der Waals surface area contributed by atoms with Crippen LogP contribution in [0.3, 0.4) is 0 Å². The van der Waals surface area contributed by atoms with E-state index in [2.05, 4.69) is 43.6 Å². The van der Waals surface area contributed by atoms with Crippen molar-refractivity contribution in [2.45, 2.75) is 182 Å². The Morgan fingerprint density at radius 3 is 2.08 bits per heavy atom. The molecule has 0 aromatic carbocycles. The van der Waals surface area contributed by atoms with Gasteiger partial charge in [0.1, 0.15) is 5.60 Å². The van der Waals surface area contributed by atoms with Crippen molar-refractivity contribution in [3.8, 4) is 0 Å². The number of rotatable bonds is 8. The Balaban J connectivity index is 1.36. The van der Waals surface area contributed by atoms with Gasteiger partial charge in [0.15, 0.2) is 0 Å². The summed E-state index contributed by atoms with van der Waals surface area (Å²) in [4.78, 5) is 0.311. The molecule has 0 aromatic rings. The predicted octanol–water partition coefficient (Wildman–Crippen LogP) is 4.16. The van der Waals surface area contributed by atoms with E-state index in [0.717, 1.165) is 32.1 Å². The summed E-state index contributed by atoms with van der Waals surface area (Å²) < 4.78 is 26.0. The van der Waals surface area contributed by atoms with Crippen LogP contribution in [0.4, 0.5) is 0 Å². The summed E-state index contributed by atoms with van der Waals surface area (Å²) in [6.07, 6.45) is 4.63. The number of hydrogen-bond donors (Lipinski definition) is 4. The van der Waals surface area contributed by atoms with E-state index in [4.69, 9.17) is 18.9 Å². The molecule has 4 heterocycles. The summed E-state index contributed by atoms with van der Waals surface area (Å²) in [6.45, 7) is 13.3. The largest absolute Gasteiger partial charge is 0.393 e. The van der Waals surface area contributed by atoms with E-state index in [1.807, 2.05) is 6.92 Å². The van der Waals surface area contributed by atoms with Gasteiger partial charge in [-0.2, -0.15) is 0 Å². The van der Waals surface area contributed by atoms with Crippen molar-refractivity contribution in [3.05, 3.63) is 0 Å². The molecule has 0 amide bonds. The molecule has 4 saturated heterocycles. The van der Waals surface area contributed by atoms with Crippen LogP contribution in [0, 0.1) is 0 Å². The minimum Gasteiger partial charge on any atom is -0.393 e. The van der Waals surface area contributed by atoms with Crippen molar-refractivity contribution in [1.29, 1.82) is 0 Å². The maximum absolute atomic E-state index is 11.6. The van der Waals surface area contributed by atoms with Crippen LogP contribution in [0.5, 0.6) is 0 Å². The number of fused-ring (bicyclic) bond motifs is 1. The quantitative estimate of drug-likeness (QED) is 0.299. The van der Waals surface area contributed by atoms with Gasteiger partial charge in [-0.3, -0.25) is 0 Å². The lowest BCUT2D eigenvalue weighted by molar-refractivity contribution is -0.305. The molecule has 4 aliphatic rings. The van der Waals surface area contributed by atoms with Crippen LogP contribution in [0.25, 0.3) is 0 Å². The molecule has 0 aliphatic carbocycles. The number of alkyl halides is 1. The van der Waals surface area contributed by atoms with Crippen LogP contribution < -0.4 is 0 Å². The average Bonchev–Trinajstić information content (AvgIpc) is 3.27. The molecular weight excluding hydrogens is 568 g/mol. The highest BCUT2D eigenvalue weighted by molar-refractivity contribution is 9.09. The summed E-state index contributed by atoms with van der Waals surface area (Å²) in [5, 5.41) is 43.2. The van der Waals surface area contributed by atoms with Crippen molar-refractivity contribution in [3.63, 3.8) is 0 Å². The topological polar surface area (TPSA) is 118 Å². The molecule has 8 nitrogen and oxygen atoms in total. The summed E-state index contributed by atoms with van der Waals surface area (Å²) in [5.41, 5.74) is -4.48. The minimum absolute atomic E-state index is 0.0262. The van der Waals surface area contributed by atoms with Gasteiger partial charge < -0.3 is 39.4 Å². The number of ether oxygens (including phenoxy) is 4. The van der Waals surface area contributed by atoms with E-state index in [-0.39, 0.29) is 42.4 Å². The van der Waals surface area contributed by atoms with Crippen LogP contribution in [-0.4, -0.2) is 96.0 Å². The van der Waals surface area contributed by atoms with Gasteiger partial charge in [-0.25, -0.2) is 0 Å². The normalized spacial score (nSPS) is 45.4. The molecule has 4 fully saturated rings. The second kappa shape index (κ2) is 11.0. The second-order valence-corrected chi connectivity index (χ2v) is 15.7. The van der Waals surface area contributed by atoms with Gasteiger partial charge in [-0.05, 0) is 113 Å². The van der Waals surface area contributed by atoms with E-state index in [9.17, 15) is 20.4 Å². The zero-order valence-electron chi connectivity index (χ0n) is 25.0. The van der Waals surface area contributed by atoms with Crippen molar-refractivity contribution >= 4 is 15.9 Å². The smallest absolute Gasteiger partial charge is 0.114 e. The van der Waals surface area contributed by atoms with E-state index in [1.54, 1.807) is 13.8 Å². The first-order valence-corrected chi connectivity index (χ1v) is 15.9. The maximum atomic E-state index is 11.6. The van der Waals surface area contributed by atoms with E-state index in [0.29, 0.717) is 24.1 Å². The van der Waals surface area contributed by atoms with Crippen molar-refractivity contribution in [1.82, 2.24) is 0 Å². The fourth-order valence-corrected chi connectivity index (χ4v) is 7.67. The summed E-state index contributed by atoms with van der Waals surface area (Å²) in [6, 6.07) is 0. The third kappa shape index (κ3) is 6.42. The fraction of sp³-hybridized carbons (Fsp3) is 1.00. The lowest BCUT2D eigenvalue weighted by atomic mass is 9.75. The molecule has 9 heteroatoms. The zero-order chi connectivity index (χ0) is 29.1. The van der Waals surface area contributed by atoms with Crippen LogP contribution in [-0.2, 0) is 18.9 Å². The molecule has 0 bridgehead atoms. The van der Waals surface area contributed by atoms with Gasteiger partial charge in [0.25, 0.3) is 0 Å². The van der Waals surface area contributed by atoms with Gasteiger partial charge >= 0.3 is 0 Å². The predicted molar refractivity (Wildman–Crippen MR) is 152 cm³/mol. The van der Waals surface area contributed by atoms with Crippen LogP contribution >= 0.6 is 15.9 Å². The van der Waals surface area contributed by atoms with Gasteiger partial charge in [-0.1, -0.05) is 15.9 Å². The Morgan fingerprint density at radius 2 is 1.49 bits per heavy atom. The molecule has 39 heavy (non-hydrogen) atoms. The number of aliphatic hydroxyl groups excluding tert-OH is 2. The summed E-state index contributed by atoms with van der Waals surface area (Å²) in [5.74, 6) is 0. The highest BCUT2D eigenvalue weighted by Crippen LogP contribution is 2.49. The molecule has 4 rings (SSSR count). The van der Waals surface area contributed by atoms with Crippen LogP contribution in [0.1, 0.15) is 113 Å². The molecule has 0 aromatic heterocycles. The molecule has 0 saturated carbocycles. The monoisotopic (exact) mass is 620 g/mol. The summed E-state index contributed by atoms with van der Waals surface area (Å²) in [7, 11) is 0. The minimum atomic E-state index is -1.48. The van der Waals surface area contributed by atoms with Gasteiger partial charge in [0, 0.05) is 4.83 Å². The highest BCUT2D eigenvalue weighted by atomic mass is 79.9. The van der Waals surface area contributed by atoms with Crippen molar-refractivity contribution in [2.75, 3.05) is 6.61 Å². The molecule has 4 N–H and O–H groups in total. The molecule has 4 aliphatic heterocycles. The van der Waals surface area contributed by atoms with Crippen molar-refractivity contribution in [2.24, 2.45) is 0 Å². The molecule has 10 atom stereocenters. The zero-order valence-corrected chi connectivity index (χ0v) is 26.6. The fourth-order valence-electron chi connectivity index (χ4n) is 7.35. The molecular formula is C30H53BrO8. The average molecular weight is 622 g/mol. The number of hydrogen-bond acceptors (Lipinski definition) is 8. The Labute approximate surface area is 243 Å². The van der Waals surface area contributed by atoms with Gasteiger partial charge in [0.2, 0.25) is 0 Å². The standard InChI is InChI=1S/C30H53BrO8/c1-25(2,34)21-12-15-27(5,37-21)20(33)11-17-30(35,18-32)24-9-8-22-28(6,38-24)16-13-23(36-22)29(7)14-10-19(31)26(3,4)39-29/h19-24,32-35H,8-18H2,1-7H3/t19-,20+,21-,22-,23-,24-,27-,28+,29+,30?/m1/s1. The van der Waals surface area contributed by atoms with Crippen LogP contribution in [0.2, 0.25) is 0 Å². The third-order valence-electron chi connectivity index (χ3n) is 10.4. The molecule has 0 radical (unpaired) electrons. The lowest BCUT2D eigenvalue weighted by Crippen LogP contribution is -2.64. The Kier molecular flexibility index (Phi) is 9.06. The van der Waals surface area contributed by atoms with E-state index in [1.165, 1.54) is 0 Å². The first-order chi connectivity index (χ1) is 17.9. The SMILES string of the molecule is CC(C)(O)[C@H]1CC[C@](C)([C@@H](O)CCC(O)(CO)[C@H]2CC[C@H]3O[C@@H]([C@]4(C)CC[C@@H](Br)C(C)(C)O4)CC[C@]3(C)O2)O1. The number of halogens is 1. The molecule has 0 spiro atoms. The highest BCUT2D eigenvalue weighted by Gasteiger charge is 2.56. The van der Waals surface area contributed by atoms with E-state index >= 15 is 0 Å². The summed E-state index contributed by atoms with van der Waals surface area (Å²) >= 11 is 3.77. The van der Waals surface area contributed by atoms with Gasteiger partial charge in [-0.15, -0.1) is 0 Å². The first kappa shape index (κ1) is 32.1. The second-order valence-electron chi connectivity index (χ2n) is 14.6. The number of aliphatic hydroxyl groups is 4. The Morgan fingerprint density at radius 1 is 0.846 bits per heavy atom. The Bertz CT molecular complexity index is 864. The first-order valence-electron chi connectivity index (χ1n) is 14.9. The molecule has 228 valence electrons.